The topological polar surface area (TPSA) is 44.5 Å². The molecule has 0 heterocycles. The number of hydrogen-bond donors (Lipinski definition) is 1. The molecule has 3 heteroatoms. The molecular formula is C12H19NO2. The van der Waals surface area contributed by atoms with Gasteiger partial charge in [0.1, 0.15) is 0 Å². The van der Waals surface area contributed by atoms with E-state index < -0.39 is 0 Å². The molecule has 2 N–H and O–H groups in total. The van der Waals surface area contributed by atoms with Crippen LogP contribution in [0.3, 0.4) is 0 Å². The third-order valence-corrected chi connectivity index (χ3v) is 2.51. The van der Waals surface area contributed by atoms with E-state index in [0.717, 1.165) is 24.3 Å². The molecule has 0 unspecified atom stereocenters. The van der Waals surface area contributed by atoms with Crippen LogP contribution in [-0.2, 0) is 6.42 Å². The van der Waals surface area contributed by atoms with Crippen molar-refractivity contribution in [2.24, 2.45) is 5.73 Å². The minimum Gasteiger partial charge on any atom is -0.493 e. The van der Waals surface area contributed by atoms with Crippen molar-refractivity contribution >= 4 is 0 Å². The first kappa shape index (κ1) is 11.9. The van der Waals surface area contributed by atoms with E-state index in [2.05, 4.69) is 6.92 Å². The quantitative estimate of drug-likeness (QED) is 0.805. The Morgan fingerprint density at radius 3 is 2.47 bits per heavy atom. The van der Waals surface area contributed by atoms with E-state index in [4.69, 9.17) is 15.2 Å². The lowest BCUT2D eigenvalue weighted by molar-refractivity contribution is 0.351. The number of ether oxygens (including phenoxy) is 2. The summed E-state index contributed by atoms with van der Waals surface area (Å²) in [5, 5.41) is 0. The molecule has 0 amide bonds. The minimum atomic E-state index is 0.694. The Hall–Kier alpha value is -1.22. The normalized spacial score (nSPS) is 10.1. The Balaban J connectivity index is 3.07. The maximum absolute atomic E-state index is 5.52. The molecule has 0 aliphatic rings. The Kier molecular flexibility index (Phi) is 4.43. The highest BCUT2D eigenvalue weighted by molar-refractivity contribution is 5.50. The number of nitrogens with two attached hydrogens (primary N) is 1. The Labute approximate surface area is 91.2 Å². The van der Waals surface area contributed by atoms with Gasteiger partial charge in [-0.1, -0.05) is 6.07 Å². The summed E-state index contributed by atoms with van der Waals surface area (Å²) in [6.07, 6.45) is 1.90. The van der Waals surface area contributed by atoms with E-state index in [1.54, 1.807) is 14.2 Å². The molecule has 0 radical (unpaired) electrons. The molecule has 0 atom stereocenters. The van der Waals surface area contributed by atoms with Crippen molar-refractivity contribution in [3.63, 3.8) is 0 Å². The molecule has 0 bridgehead atoms. The molecule has 0 aliphatic carbocycles. The second-order valence-corrected chi connectivity index (χ2v) is 3.49. The first-order valence-corrected chi connectivity index (χ1v) is 5.15. The molecule has 0 aliphatic heterocycles. The molecule has 3 nitrogen and oxygen atoms in total. The van der Waals surface area contributed by atoms with Crippen LogP contribution in [0.5, 0.6) is 11.5 Å². The zero-order valence-electron chi connectivity index (χ0n) is 9.67. The highest BCUT2D eigenvalue weighted by Gasteiger charge is 2.11. The van der Waals surface area contributed by atoms with Crippen LogP contribution in [0, 0.1) is 6.92 Å². The van der Waals surface area contributed by atoms with Gasteiger partial charge in [0, 0.05) is 5.56 Å². The van der Waals surface area contributed by atoms with Crippen molar-refractivity contribution in [3.8, 4) is 11.5 Å². The predicted molar refractivity (Wildman–Crippen MR) is 61.7 cm³/mol. The van der Waals surface area contributed by atoms with Crippen molar-refractivity contribution < 1.29 is 9.47 Å². The van der Waals surface area contributed by atoms with E-state index in [1.807, 2.05) is 12.1 Å². The number of methoxy groups -OCH3 is 2. The molecule has 0 saturated heterocycles. The third-order valence-electron chi connectivity index (χ3n) is 2.51. The van der Waals surface area contributed by atoms with Gasteiger partial charge in [0.2, 0.25) is 0 Å². The molecule has 84 valence electrons. The van der Waals surface area contributed by atoms with Crippen molar-refractivity contribution in [1.29, 1.82) is 0 Å². The summed E-state index contributed by atoms with van der Waals surface area (Å²) < 4.78 is 10.6. The summed E-state index contributed by atoms with van der Waals surface area (Å²) >= 11 is 0. The molecule has 1 aromatic rings. The smallest absolute Gasteiger partial charge is 0.164 e. The van der Waals surface area contributed by atoms with Crippen LogP contribution in [0.4, 0.5) is 0 Å². The number of rotatable bonds is 5. The van der Waals surface area contributed by atoms with Crippen LogP contribution in [0.15, 0.2) is 12.1 Å². The van der Waals surface area contributed by atoms with Crippen LogP contribution in [0.1, 0.15) is 17.5 Å². The summed E-state index contributed by atoms with van der Waals surface area (Å²) in [6.45, 7) is 2.77. The molecule has 0 saturated carbocycles. The van der Waals surface area contributed by atoms with E-state index >= 15 is 0 Å². The van der Waals surface area contributed by atoms with Gasteiger partial charge < -0.3 is 15.2 Å². The van der Waals surface area contributed by atoms with Gasteiger partial charge in [0.15, 0.2) is 11.5 Å². The standard InChI is InChI=1S/C12H19NO2/c1-9-6-7-11(14-2)12(15-3)10(9)5-4-8-13/h6-7H,4-5,8,13H2,1-3H3. The monoisotopic (exact) mass is 209 g/mol. The average Bonchev–Trinajstić information content (AvgIpc) is 2.27. The summed E-state index contributed by atoms with van der Waals surface area (Å²) in [7, 11) is 3.32. The largest absolute Gasteiger partial charge is 0.493 e. The summed E-state index contributed by atoms with van der Waals surface area (Å²) in [5.74, 6) is 1.63. The number of aryl methyl sites for hydroxylation is 1. The number of hydrogen-bond acceptors (Lipinski definition) is 3. The van der Waals surface area contributed by atoms with Crippen molar-refractivity contribution in [2.45, 2.75) is 19.8 Å². The first-order chi connectivity index (χ1) is 7.24. The highest BCUT2D eigenvalue weighted by Crippen LogP contribution is 2.33. The second-order valence-electron chi connectivity index (χ2n) is 3.49. The Morgan fingerprint density at radius 1 is 1.20 bits per heavy atom. The van der Waals surface area contributed by atoms with Crippen molar-refractivity contribution in [2.75, 3.05) is 20.8 Å². The lowest BCUT2D eigenvalue weighted by Crippen LogP contribution is -2.04. The van der Waals surface area contributed by atoms with Gasteiger partial charge in [-0.15, -0.1) is 0 Å². The molecule has 0 spiro atoms. The van der Waals surface area contributed by atoms with Gasteiger partial charge in [-0.05, 0) is 37.9 Å². The van der Waals surface area contributed by atoms with E-state index in [0.29, 0.717) is 6.54 Å². The van der Waals surface area contributed by atoms with Crippen LogP contribution in [-0.4, -0.2) is 20.8 Å². The number of benzene rings is 1. The molecule has 0 fully saturated rings. The minimum absolute atomic E-state index is 0.694. The van der Waals surface area contributed by atoms with Gasteiger partial charge in [-0.3, -0.25) is 0 Å². The van der Waals surface area contributed by atoms with E-state index in [9.17, 15) is 0 Å². The van der Waals surface area contributed by atoms with Gasteiger partial charge in [-0.2, -0.15) is 0 Å². The zero-order chi connectivity index (χ0) is 11.3. The predicted octanol–water partition coefficient (Wildman–Crippen LogP) is 1.90. The first-order valence-electron chi connectivity index (χ1n) is 5.15. The molecule has 1 aromatic carbocycles. The van der Waals surface area contributed by atoms with Crippen LogP contribution in [0.25, 0.3) is 0 Å². The Morgan fingerprint density at radius 2 is 1.93 bits per heavy atom. The van der Waals surface area contributed by atoms with E-state index in [-0.39, 0.29) is 0 Å². The zero-order valence-corrected chi connectivity index (χ0v) is 9.67. The van der Waals surface area contributed by atoms with Crippen LogP contribution in [0.2, 0.25) is 0 Å². The lowest BCUT2D eigenvalue weighted by atomic mass is 10.0. The SMILES string of the molecule is COc1ccc(C)c(CCCN)c1OC. The van der Waals surface area contributed by atoms with Crippen molar-refractivity contribution in [3.05, 3.63) is 23.3 Å². The lowest BCUT2D eigenvalue weighted by Gasteiger charge is -2.14. The molecular weight excluding hydrogens is 190 g/mol. The summed E-state index contributed by atoms with van der Waals surface area (Å²) in [5.41, 5.74) is 7.94. The fraction of sp³-hybridized carbons (Fsp3) is 0.500. The van der Waals surface area contributed by atoms with Gasteiger partial charge >= 0.3 is 0 Å². The van der Waals surface area contributed by atoms with Gasteiger partial charge in [0.05, 0.1) is 14.2 Å². The fourth-order valence-electron chi connectivity index (χ4n) is 1.68. The van der Waals surface area contributed by atoms with Crippen LogP contribution < -0.4 is 15.2 Å². The van der Waals surface area contributed by atoms with E-state index in [1.165, 1.54) is 11.1 Å². The average molecular weight is 209 g/mol. The van der Waals surface area contributed by atoms with Crippen molar-refractivity contribution in [1.82, 2.24) is 0 Å². The molecule has 15 heavy (non-hydrogen) atoms. The highest BCUT2D eigenvalue weighted by atomic mass is 16.5. The molecule has 0 aromatic heterocycles. The maximum Gasteiger partial charge on any atom is 0.164 e. The van der Waals surface area contributed by atoms with Gasteiger partial charge in [-0.25, -0.2) is 0 Å². The molecule has 1 rings (SSSR count). The fourth-order valence-corrected chi connectivity index (χ4v) is 1.68. The Bertz CT molecular complexity index is 324. The summed E-state index contributed by atoms with van der Waals surface area (Å²) in [6, 6.07) is 3.98. The van der Waals surface area contributed by atoms with Gasteiger partial charge in [0.25, 0.3) is 0 Å². The maximum atomic E-state index is 5.52. The summed E-state index contributed by atoms with van der Waals surface area (Å²) in [4.78, 5) is 0. The second kappa shape index (κ2) is 5.61. The van der Waals surface area contributed by atoms with Crippen LogP contribution >= 0.6 is 0 Å². The third kappa shape index (κ3) is 2.63.